The summed E-state index contributed by atoms with van der Waals surface area (Å²) in [5.41, 5.74) is -4.58. The molecule has 3 fully saturated rings. The Bertz CT molecular complexity index is 1590. The summed E-state index contributed by atoms with van der Waals surface area (Å²) in [6, 6.07) is 11.1. The molecule has 3 aliphatic carbocycles. The number of hydrogen-bond donors (Lipinski definition) is 1. The van der Waals surface area contributed by atoms with Crippen molar-refractivity contribution in [2.24, 2.45) is 22.7 Å². The molecular weight excluding hydrogens is 632 g/mol. The van der Waals surface area contributed by atoms with Crippen molar-refractivity contribution in [3.8, 4) is 0 Å². The maximum atomic E-state index is 14.3. The first kappa shape index (κ1) is 34.6. The molecule has 11 heteroatoms. The molecule has 1 saturated carbocycles. The molecule has 6 rings (SSSR count). The van der Waals surface area contributed by atoms with Crippen LogP contribution in [0.1, 0.15) is 78.6 Å². The van der Waals surface area contributed by atoms with Crippen molar-refractivity contribution in [3.63, 3.8) is 0 Å². The van der Waals surface area contributed by atoms with Crippen LogP contribution in [-0.4, -0.2) is 73.2 Å². The van der Waals surface area contributed by atoms with Crippen molar-refractivity contribution in [2.75, 3.05) is 6.61 Å². The van der Waals surface area contributed by atoms with Gasteiger partial charge in [0.25, 0.3) is 0 Å². The third-order valence-electron chi connectivity index (χ3n) is 12.5. The standard InChI is InChI=1S/C37H48O10Si/c1-9-48(10-2,11-3)47-26-18-27-36(20-43-27,45-22(5)38)31-32(44-33(42)23-15-13-12-14-16-23)37-24(17-28(40)46-37)30(41)21(4)29(34(37,6)7)25(39)19-35(26,31)8/h12-16,19,24,26-27,31-32,39H,9-11,17-18,20H2,1-8H3/b25-19+/t24-,26-,27+,31-,32-,35+,36-,37+/m0/s1. The third kappa shape index (κ3) is 4.63. The monoisotopic (exact) mass is 680 g/mol. The molecule has 1 N–H and O–H groups in total. The van der Waals surface area contributed by atoms with Crippen molar-refractivity contribution in [2.45, 2.75) is 116 Å². The van der Waals surface area contributed by atoms with Crippen LogP contribution in [0.15, 0.2) is 53.3 Å². The Morgan fingerprint density at radius 1 is 1.04 bits per heavy atom. The maximum absolute atomic E-state index is 14.3. The Labute approximate surface area is 283 Å². The number of esters is 3. The number of rotatable bonds is 8. The number of Topliss-reactive ketones (excluding diaryl/α,β-unsaturated/α-hetero) is 1. The van der Waals surface area contributed by atoms with Crippen molar-refractivity contribution in [1.82, 2.24) is 0 Å². The number of ketones is 1. The van der Waals surface area contributed by atoms with Crippen molar-refractivity contribution < 1.29 is 47.7 Å². The lowest BCUT2D eigenvalue weighted by atomic mass is 9.45. The first-order chi connectivity index (χ1) is 22.6. The molecule has 2 heterocycles. The smallest absolute Gasteiger partial charge is 0.338 e. The van der Waals surface area contributed by atoms with Gasteiger partial charge in [-0.05, 0) is 43.3 Å². The van der Waals surface area contributed by atoms with Gasteiger partial charge in [0.1, 0.15) is 11.9 Å². The molecule has 0 amide bonds. The quantitative estimate of drug-likeness (QED) is 0.198. The Balaban J connectivity index is 1.70. The van der Waals surface area contributed by atoms with Gasteiger partial charge in [-0.1, -0.05) is 59.7 Å². The van der Waals surface area contributed by atoms with E-state index in [1.54, 1.807) is 43.3 Å². The summed E-state index contributed by atoms with van der Waals surface area (Å²) >= 11 is 0. The molecule has 2 aliphatic heterocycles. The van der Waals surface area contributed by atoms with Crippen LogP contribution in [0.4, 0.5) is 0 Å². The van der Waals surface area contributed by atoms with E-state index < -0.39 is 78.4 Å². The molecular formula is C37H48O10Si. The van der Waals surface area contributed by atoms with E-state index in [-0.39, 0.29) is 30.1 Å². The number of allylic oxidation sites excluding steroid dienone is 2. The summed E-state index contributed by atoms with van der Waals surface area (Å²) in [6.07, 6.45) is -0.665. The van der Waals surface area contributed by atoms with Gasteiger partial charge in [-0.2, -0.15) is 0 Å². The largest absolute Gasteiger partial charge is 0.508 e. The van der Waals surface area contributed by atoms with Crippen LogP contribution < -0.4 is 0 Å². The molecule has 1 aromatic carbocycles. The molecule has 1 spiro atoms. The molecule has 1 aromatic rings. The summed E-state index contributed by atoms with van der Waals surface area (Å²) in [5, 5.41) is 12.2. The number of fused-ring (bicyclic) bond motifs is 4. The fraction of sp³-hybridized carbons (Fsp3) is 0.622. The lowest BCUT2D eigenvalue weighted by molar-refractivity contribution is -0.341. The van der Waals surface area contributed by atoms with Gasteiger partial charge in [-0.15, -0.1) is 0 Å². The second-order valence-electron chi connectivity index (χ2n) is 15.0. The molecule has 0 aromatic heterocycles. The number of hydrogen-bond acceptors (Lipinski definition) is 10. The van der Waals surface area contributed by atoms with Gasteiger partial charge in [0.2, 0.25) is 0 Å². The van der Waals surface area contributed by atoms with Crippen LogP contribution in [-0.2, 0) is 37.8 Å². The second kappa shape index (κ2) is 11.7. The number of ether oxygens (including phenoxy) is 4. The number of benzene rings is 1. The van der Waals surface area contributed by atoms with Gasteiger partial charge in [0.05, 0.1) is 36.5 Å². The highest BCUT2D eigenvalue weighted by Crippen LogP contribution is 2.67. The van der Waals surface area contributed by atoms with Crippen molar-refractivity contribution in [3.05, 3.63) is 58.9 Å². The van der Waals surface area contributed by atoms with Crippen LogP contribution in [0.25, 0.3) is 0 Å². The molecule has 0 radical (unpaired) electrons. The van der Waals surface area contributed by atoms with E-state index in [9.17, 15) is 24.3 Å². The average Bonchev–Trinajstić information content (AvgIpc) is 3.41. The number of carbonyl (C=O) groups excluding carboxylic acids is 4. The summed E-state index contributed by atoms with van der Waals surface area (Å²) < 4.78 is 32.8. The van der Waals surface area contributed by atoms with Crippen LogP contribution in [0.5, 0.6) is 0 Å². The van der Waals surface area contributed by atoms with Gasteiger partial charge in [-0.3, -0.25) is 14.4 Å². The van der Waals surface area contributed by atoms with Gasteiger partial charge in [0, 0.05) is 35.3 Å². The zero-order valence-corrected chi connectivity index (χ0v) is 30.2. The van der Waals surface area contributed by atoms with Gasteiger partial charge < -0.3 is 28.5 Å². The van der Waals surface area contributed by atoms with E-state index in [4.69, 9.17) is 23.4 Å². The number of carbonyl (C=O) groups is 4. The van der Waals surface area contributed by atoms with Crippen LogP contribution in [0.3, 0.4) is 0 Å². The minimum Gasteiger partial charge on any atom is -0.508 e. The topological polar surface area (TPSA) is 135 Å². The summed E-state index contributed by atoms with van der Waals surface area (Å²) in [7, 11) is -2.32. The zero-order chi connectivity index (χ0) is 35.0. The molecule has 10 nitrogen and oxygen atoms in total. The lowest BCUT2D eigenvalue weighted by Gasteiger charge is -2.67. The first-order valence-corrected chi connectivity index (χ1v) is 19.7. The summed E-state index contributed by atoms with van der Waals surface area (Å²) in [5.74, 6) is -4.32. The lowest BCUT2D eigenvalue weighted by Crippen LogP contribution is -2.80. The van der Waals surface area contributed by atoms with Crippen LogP contribution in [0.2, 0.25) is 18.1 Å². The second-order valence-corrected chi connectivity index (χ2v) is 19.7. The Morgan fingerprint density at radius 3 is 2.25 bits per heavy atom. The summed E-state index contributed by atoms with van der Waals surface area (Å²) in [6.45, 7) is 14.9. The molecule has 48 heavy (non-hydrogen) atoms. The van der Waals surface area contributed by atoms with Gasteiger partial charge in [-0.25, -0.2) is 4.79 Å². The highest BCUT2D eigenvalue weighted by molar-refractivity contribution is 6.73. The van der Waals surface area contributed by atoms with Gasteiger partial charge in [0.15, 0.2) is 31.4 Å². The van der Waals surface area contributed by atoms with Crippen molar-refractivity contribution in [1.29, 1.82) is 0 Å². The number of aliphatic hydroxyl groups excluding tert-OH is 1. The highest BCUT2D eigenvalue weighted by atomic mass is 28.4. The van der Waals surface area contributed by atoms with E-state index >= 15 is 0 Å². The Hall–Kier alpha value is -3.28. The molecule has 0 unspecified atom stereocenters. The highest BCUT2D eigenvalue weighted by Gasteiger charge is 2.79. The minimum absolute atomic E-state index is 0.0130. The predicted octanol–water partition coefficient (Wildman–Crippen LogP) is 6.01. The molecule has 2 bridgehead atoms. The normalized spacial score (nSPS) is 37.8. The molecule has 8 atom stereocenters. The molecule has 5 aliphatic rings. The first-order valence-electron chi connectivity index (χ1n) is 17.2. The zero-order valence-electron chi connectivity index (χ0n) is 29.2. The third-order valence-corrected chi connectivity index (χ3v) is 17.2. The fourth-order valence-corrected chi connectivity index (χ4v) is 12.9. The Kier molecular flexibility index (Phi) is 8.40. The van der Waals surface area contributed by atoms with Crippen LogP contribution in [0, 0.1) is 22.7 Å². The predicted molar refractivity (Wildman–Crippen MR) is 177 cm³/mol. The van der Waals surface area contributed by atoms with E-state index in [0.717, 1.165) is 18.1 Å². The SMILES string of the molecule is CC[Si](CC)(CC)O[C@H]1C[C@H]2OC[C@@]2(OC(C)=O)[C@H]2[C@H](OC(=O)c3ccccc3)[C@]34OC(=O)C[C@H]3C(=O)C(C)=C(/C(O)=C\[C@]12C)C4(C)C. The Morgan fingerprint density at radius 2 is 1.69 bits per heavy atom. The minimum atomic E-state index is -2.32. The fourth-order valence-electron chi connectivity index (χ4n) is 9.94. The van der Waals surface area contributed by atoms with E-state index in [1.807, 2.05) is 20.8 Å². The van der Waals surface area contributed by atoms with Gasteiger partial charge >= 0.3 is 17.9 Å². The van der Waals surface area contributed by atoms with Crippen molar-refractivity contribution >= 4 is 32.0 Å². The van der Waals surface area contributed by atoms with E-state index in [0.29, 0.717) is 17.6 Å². The average molecular weight is 681 g/mol. The van der Waals surface area contributed by atoms with Crippen LogP contribution >= 0.6 is 0 Å². The summed E-state index contributed by atoms with van der Waals surface area (Å²) in [4.78, 5) is 55.0. The molecule has 260 valence electrons. The molecule has 2 saturated heterocycles. The van der Waals surface area contributed by atoms with E-state index in [2.05, 4.69) is 20.8 Å². The van der Waals surface area contributed by atoms with E-state index in [1.165, 1.54) is 6.92 Å². The number of aliphatic hydroxyl groups is 1. The maximum Gasteiger partial charge on any atom is 0.338 e.